The first kappa shape index (κ1) is 14.2. The molecule has 0 aliphatic carbocycles. The second-order valence-corrected chi connectivity index (χ2v) is 5.94. The number of aryl methyl sites for hydroxylation is 2. The lowest BCUT2D eigenvalue weighted by molar-refractivity contribution is 0.601. The summed E-state index contributed by atoms with van der Waals surface area (Å²) in [5.41, 5.74) is 4.23. The van der Waals surface area contributed by atoms with Crippen LogP contribution in [-0.4, -0.2) is 18.4 Å². The summed E-state index contributed by atoms with van der Waals surface area (Å²) in [6.45, 7) is 3.66. The fourth-order valence-electron chi connectivity index (χ4n) is 1.80. The van der Waals surface area contributed by atoms with Crippen LogP contribution in [0, 0.1) is 13.8 Å². The summed E-state index contributed by atoms with van der Waals surface area (Å²) in [6, 6.07) is 4.98. The maximum atomic E-state index is 12.3. The zero-order chi connectivity index (χ0) is 14.8. The van der Waals surface area contributed by atoms with Crippen LogP contribution in [0.4, 0.5) is 11.5 Å². The Morgan fingerprint density at radius 3 is 2.65 bits per heavy atom. The highest BCUT2D eigenvalue weighted by Gasteiger charge is 2.19. The number of nitrogens with one attached hydrogen (secondary N) is 2. The van der Waals surface area contributed by atoms with Crippen molar-refractivity contribution in [2.24, 2.45) is 5.84 Å². The first-order valence-electron chi connectivity index (χ1n) is 5.81. The minimum absolute atomic E-state index is 0.0385. The Morgan fingerprint density at radius 2 is 2.00 bits per heavy atom. The molecule has 20 heavy (non-hydrogen) atoms. The van der Waals surface area contributed by atoms with Gasteiger partial charge in [-0.15, -0.1) is 0 Å². The average molecular weight is 293 g/mol. The van der Waals surface area contributed by atoms with Crippen molar-refractivity contribution in [2.45, 2.75) is 18.7 Å². The minimum Gasteiger partial charge on any atom is -0.323 e. The van der Waals surface area contributed by atoms with Crippen molar-refractivity contribution < 1.29 is 8.42 Å². The predicted octanol–water partition coefficient (Wildman–Crippen LogP) is 1.18. The standard InChI is InChI=1S/C12H15N5O2S/c1-8-5-9(2)15-12(6-8)17-20(18,19)11-7-14-4-3-10(11)16-13/h3-7H,13H2,1-2H3,(H,14,16)(H,15,17). The second-order valence-electron chi connectivity index (χ2n) is 4.29. The monoisotopic (exact) mass is 293 g/mol. The van der Waals surface area contributed by atoms with Crippen molar-refractivity contribution in [3.05, 3.63) is 41.9 Å². The number of sulfonamides is 1. The molecule has 0 saturated heterocycles. The van der Waals surface area contributed by atoms with E-state index in [4.69, 9.17) is 5.84 Å². The molecule has 0 radical (unpaired) electrons. The van der Waals surface area contributed by atoms with E-state index in [0.29, 0.717) is 0 Å². The summed E-state index contributed by atoms with van der Waals surface area (Å²) >= 11 is 0. The molecule has 2 heterocycles. The highest BCUT2D eigenvalue weighted by molar-refractivity contribution is 7.92. The maximum absolute atomic E-state index is 12.3. The lowest BCUT2D eigenvalue weighted by Crippen LogP contribution is -2.18. The van der Waals surface area contributed by atoms with E-state index in [0.717, 1.165) is 11.3 Å². The van der Waals surface area contributed by atoms with Gasteiger partial charge in [-0.25, -0.2) is 13.4 Å². The highest BCUT2D eigenvalue weighted by atomic mass is 32.2. The second kappa shape index (κ2) is 5.43. The Morgan fingerprint density at radius 1 is 1.25 bits per heavy atom. The van der Waals surface area contributed by atoms with Crippen molar-refractivity contribution >= 4 is 21.5 Å². The van der Waals surface area contributed by atoms with E-state index in [-0.39, 0.29) is 16.4 Å². The van der Waals surface area contributed by atoms with Gasteiger partial charge in [-0.1, -0.05) is 0 Å². The number of nitrogen functional groups attached to an aromatic ring is 1. The van der Waals surface area contributed by atoms with Gasteiger partial charge in [-0.3, -0.25) is 15.5 Å². The molecule has 8 heteroatoms. The van der Waals surface area contributed by atoms with Gasteiger partial charge in [0, 0.05) is 18.1 Å². The van der Waals surface area contributed by atoms with Gasteiger partial charge in [0.2, 0.25) is 0 Å². The normalized spacial score (nSPS) is 11.2. The summed E-state index contributed by atoms with van der Waals surface area (Å²) in [5.74, 6) is 5.56. The number of hydrogen-bond donors (Lipinski definition) is 3. The van der Waals surface area contributed by atoms with E-state index >= 15 is 0 Å². The molecule has 7 nitrogen and oxygen atoms in total. The molecule has 0 aliphatic heterocycles. The molecule has 0 aliphatic rings. The summed E-state index contributed by atoms with van der Waals surface area (Å²) in [5, 5.41) is 0. The Balaban J connectivity index is 2.41. The molecule has 2 rings (SSSR count). The maximum Gasteiger partial charge on any atom is 0.266 e. The number of aromatic nitrogens is 2. The van der Waals surface area contributed by atoms with Gasteiger partial charge in [0.15, 0.2) is 0 Å². The van der Waals surface area contributed by atoms with Crippen LogP contribution < -0.4 is 16.0 Å². The molecule has 0 atom stereocenters. The largest absolute Gasteiger partial charge is 0.323 e. The molecule has 0 saturated carbocycles. The third-order valence-corrected chi connectivity index (χ3v) is 3.95. The van der Waals surface area contributed by atoms with Crippen LogP contribution in [0.5, 0.6) is 0 Å². The molecule has 0 fully saturated rings. The van der Waals surface area contributed by atoms with E-state index in [1.54, 1.807) is 13.0 Å². The number of rotatable bonds is 4. The van der Waals surface area contributed by atoms with Gasteiger partial charge < -0.3 is 5.43 Å². The third kappa shape index (κ3) is 3.03. The number of nitrogens with two attached hydrogens (primary N) is 1. The van der Waals surface area contributed by atoms with E-state index in [2.05, 4.69) is 20.1 Å². The van der Waals surface area contributed by atoms with Crippen LogP contribution in [0.2, 0.25) is 0 Å². The van der Waals surface area contributed by atoms with Crippen LogP contribution in [0.3, 0.4) is 0 Å². The molecule has 2 aromatic heterocycles. The lowest BCUT2D eigenvalue weighted by Gasteiger charge is -2.11. The fourth-order valence-corrected chi connectivity index (χ4v) is 2.91. The molecule has 2 aromatic rings. The molecule has 106 valence electrons. The summed E-state index contributed by atoms with van der Waals surface area (Å²) in [4.78, 5) is 7.90. The molecule has 0 spiro atoms. The van der Waals surface area contributed by atoms with E-state index in [1.807, 2.05) is 13.0 Å². The van der Waals surface area contributed by atoms with Crippen molar-refractivity contribution in [1.82, 2.24) is 9.97 Å². The quantitative estimate of drug-likeness (QED) is 0.577. The number of pyridine rings is 2. The Bertz CT molecular complexity index is 710. The van der Waals surface area contributed by atoms with Crippen molar-refractivity contribution in [3.8, 4) is 0 Å². The van der Waals surface area contributed by atoms with Gasteiger partial charge in [0.05, 0.1) is 5.69 Å². The SMILES string of the molecule is Cc1cc(C)nc(NS(=O)(=O)c2cnccc2NN)c1. The van der Waals surface area contributed by atoms with Gasteiger partial charge in [-0.2, -0.15) is 0 Å². The number of hydrogen-bond acceptors (Lipinski definition) is 6. The third-order valence-electron chi connectivity index (χ3n) is 2.57. The van der Waals surface area contributed by atoms with Crippen LogP contribution >= 0.6 is 0 Å². The average Bonchev–Trinajstić information content (AvgIpc) is 2.36. The van der Waals surface area contributed by atoms with E-state index in [9.17, 15) is 8.42 Å². The van der Waals surface area contributed by atoms with Crippen molar-refractivity contribution in [3.63, 3.8) is 0 Å². The fraction of sp³-hybridized carbons (Fsp3) is 0.167. The summed E-state index contributed by atoms with van der Waals surface area (Å²) in [7, 11) is -3.81. The summed E-state index contributed by atoms with van der Waals surface area (Å²) < 4.78 is 27.1. The number of nitrogens with zero attached hydrogens (tertiary/aromatic N) is 2. The van der Waals surface area contributed by atoms with Gasteiger partial charge in [0.1, 0.15) is 10.7 Å². The number of hydrazine groups is 1. The van der Waals surface area contributed by atoms with Crippen LogP contribution in [0.15, 0.2) is 35.5 Å². The van der Waals surface area contributed by atoms with Crippen molar-refractivity contribution in [1.29, 1.82) is 0 Å². The van der Waals surface area contributed by atoms with Gasteiger partial charge >= 0.3 is 0 Å². The molecule has 0 amide bonds. The molecular formula is C12H15N5O2S. The zero-order valence-electron chi connectivity index (χ0n) is 11.1. The minimum atomic E-state index is -3.81. The summed E-state index contributed by atoms with van der Waals surface area (Å²) in [6.07, 6.45) is 2.67. The molecular weight excluding hydrogens is 278 g/mol. The topological polar surface area (TPSA) is 110 Å². The molecule has 0 bridgehead atoms. The van der Waals surface area contributed by atoms with Gasteiger partial charge in [0.25, 0.3) is 10.0 Å². The highest BCUT2D eigenvalue weighted by Crippen LogP contribution is 2.21. The van der Waals surface area contributed by atoms with Crippen LogP contribution in [-0.2, 0) is 10.0 Å². The molecule has 0 aromatic carbocycles. The van der Waals surface area contributed by atoms with Crippen LogP contribution in [0.25, 0.3) is 0 Å². The smallest absolute Gasteiger partial charge is 0.266 e. The molecule has 4 N–H and O–H groups in total. The number of anilines is 2. The van der Waals surface area contributed by atoms with Gasteiger partial charge in [-0.05, 0) is 37.6 Å². The van der Waals surface area contributed by atoms with E-state index in [1.165, 1.54) is 18.5 Å². The Hall–Kier alpha value is -2.19. The Labute approximate surface area is 117 Å². The predicted molar refractivity (Wildman–Crippen MR) is 76.6 cm³/mol. The first-order chi connectivity index (χ1) is 9.42. The van der Waals surface area contributed by atoms with Crippen LogP contribution in [0.1, 0.15) is 11.3 Å². The zero-order valence-corrected chi connectivity index (χ0v) is 11.9. The molecule has 0 unspecified atom stereocenters. The first-order valence-corrected chi connectivity index (χ1v) is 7.29. The van der Waals surface area contributed by atoms with Crippen molar-refractivity contribution in [2.75, 3.05) is 10.1 Å². The lowest BCUT2D eigenvalue weighted by atomic mass is 10.2. The van der Waals surface area contributed by atoms with E-state index < -0.39 is 10.0 Å². The Kier molecular flexibility index (Phi) is 3.86.